The molecule has 0 aliphatic carbocycles. The van der Waals surface area contributed by atoms with Crippen molar-refractivity contribution in [2.45, 2.75) is 25.5 Å². The minimum absolute atomic E-state index is 0.0106. The van der Waals surface area contributed by atoms with E-state index in [9.17, 15) is 19.4 Å². The van der Waals surface area contributed by atoms with Crippen molar-refractivity contribution in [3.63, 3.8) is 0 Å². The van der Waals surface area contributed by atoms with Gasteiger partial charge in [-0.2, -0.15) is 0 Å². The summed E-state index contributed by atoms with van der Waals surface area (Å²) < 4.78 is 17.8. The molecule has 3 aromatic carbocycles. The number of nitrogens with one attached hydrogen (secondary N) is 1. The van der Waals surface area contributed by atoms with E-state index in [4.69, 9.17) is 4.74 Å². The average molecular weight is 438 g/mol. The molecule has 0 aliphatic heterocycles. The lowest BCUT2D eigenvalue weighted by Gasteiger charge is -2.18. The van der Waals surface area contributed by atoms with Crippen LogP contribution in [-0.2, 0) is 6.42 Å². The number of hydrogen-bond donors (Lipinski definition) is 3. The molecule has 0 bridgehead atoms. The van der Waals surface area contributed by atoms with Gasteiger partial charge in [-0.15, -0.1) is 0 Å². The van der Waals surface area contributed by atoms with Gasteiger partial charge in [0.25, 0.3) is 0 Å². The number of carboxylic acids is 1. The number of rotatable bonds is 11. The molecule has 0 heterocycles. The molecule has 2 atom stereocenters. The van der Waals surface area contributed by atoms with Gasteiger partial charge in [-0.1, -0.05) is 60.7 Å². The van der Waals surface area contributed by atoms with Crippen molar-refractivity contribution in [3.8, 4) is 16.9 Å². The van der Waals surface area contributed by atoms with Crippen LogP contribution in [0.2, 0.25) is 0 Å². The van der Waals surface area contributed by atoms with Crippen LogP contribution in [0.25, 0.3) is 11.1 Å². The molecule has 3 rings (SSSR count). The lowest BCUT2D eigenvalue weighted by Crippen LogP contribution is -2.32. The number of hydrogen-bond acceptors (Lipinski definition) is 4. The molecule has 0 radical (unpaired) electrons. The van der Waals surface area contributed by atoms with E-state index in [1.165, 1.54) is 6.07 Å². The van der Waals surface area contributed by atoms with Crippen LogP contribution >= 0.6 is 0 Å². The number of halogens is 1. The number of benzene rings is 3. The third-order valence-electron chi connectivity index (χ3n) is 5.22. The molecule has 3 aromatic rings. The van der Waals surface area contributed by atoms with Crippen LogP contribution < -0.4 is 10.1 Å². The Morgan fingerprint density at radius 3 is 2.38 bits per heavy atom. The van der Waals surface area contributed by atoms with E-state index in [1.54, 1.807) is 12.1 Å². The summed E-state index contributed by atoms with van der Waals surface area (Å²) in [5.41, 5.74) is 3.75. The van der Waals surface area contributed by atoms with Crippen LogP contribution in [0.1, 0.15) is 34.5 Å². The number of aliphatic hydroxyl groups is 1. The first kappa shape index (κ1) is 23.4. The maximum absolute atomic E-state index is 12.5. The van der Waals surface area contributed by atoms with E-state index in [1.807, 2.05) is 54.6 Å². The minimum atomic E-state index is -1.11. The fraction of sp³-hybridized carbons (Fsp3) is 0.269. The second-order valence-corrected chi connectivity index (χ2v) is 7.69. The Labute approximate surface area is 187 Å². The van der Waals surface area contributed by atoms with Crippen LogP contribution in [0, 0.1) is 0 Å². The Hall–Kier alpha value is -3.22. The second kappa shape index (κ2) is 11.4. The predicted octanol–water partition coefficient (Wildman–Crippen LogP) is 4.65. The molecule has 6 heteroatoms. The lowest BCUT2D eigenvalue weighted by molar-refractivity contribution is 0.0691. The monoisotopic (exact) mass is 437 g/mol. The molecule has 0 aromatic heterocycles. The molecule has 0 aliphatic rings. The van der Waals surface area contributed by atoms with Gasteiger partial charge < -0.3 is 20.3 Å². The van der Waals surface area contributed by atoms with E-state index in [2.05, 4.69) is 12.2 Å². The van der Waals surface area contributed by atoms with E-state index >= 15 is 0 Å². The third kappa shape index (κ3) is 6.39. The maximum Gasteiger partial charge on any atom is 0.339 e. The average Bonchev–Trinajstić information content (AvgIpc) is 2.82. The van der Waals surface area contributed by atoms with Gasteiger partial charge >= 0.3 is 5.97 Å². The van der Waals surface area contributed by atoms with Crippen LogP contribution in [0.5, 0.6) is 5.75 Å². The summed E-state index contributed by atoms with van der Waals surface area (Å²) in [4.78, 5) is 11.4. The van der Waals surface area contributed by atoms with Crippen molar-refractivity contribution in [1.29, 1.82) is 0 Å². The highest BCUT2D eigenvalue weighted by Gasteiger charge is 2.13. The smallest absolute Gasteiger partial charge is 0.339 e. The summed E-state index contributed by atoms with van der Waals surface area (Å²) in [6.07, 6.45) is 0.244. The van der Waals surface area contributed by atoms with E-state index in [0.717, 1.165) is 28.7 Å². The quantitative estimate of drug-likeness (QED) is 0.407. The summed E-state index contributed by atoms with van der Waals surface area (Å²) in [6, 6.07) is 22.5. The number of ether oxygens (including phenoxy) is 1. The number of carbonyl (C=O) groups is 1. The number of aliphatic hydroxyl groups excluding tert-OH is 1. The molecule has 5 nitrogen and oxygen atoms in total. The summed E-state index contributed by atoms with van der Waals surface area (Å²) in [6.45, 7) is 1.67. The molecule has 0 saturated carbocycles. The van der Waals surface area contributed by atoms with E-state index < -0.39 is 18.7 Å². The maximum atomic E-state index is 12.5. The minimum Gasteiger partial charge on any atom is -0.490 e. The van der Waals surface area contributed by atoms with Gasteiger partial charge in [0.15, 0.2) is 0 Å². The topological polar surface area (TPSA) is 78.8 Å². The fourth-order valence-electron chi connectivity index (χ4n) is 3.51. The van der Waals surface area contributed by atoms with Gasteiger partial charge in [-0.05, 0) is 47.7 Å². The molecule has 168 valence electrons. The molecule has 0 amide bonds. The highest BCUT2D eigenvalue weighted by atomic mass is 19.1. The fourth-order valence-corrected chi connectivity index (χ4v) is 3.51. The standard InChI is InChI=1S/C26H28FNO4/c1-18(28-17-24(29)21-5-3-2-4-6-21)15-19-7-9-20(10-8-19)22-11-12-23(26(30)31)25(16-22)32-14-13-27/h2-12,16,18,24,28-29H,13-15,17H2,1H3,(H,30,31)/t18-,24+/m1/s1. The number of carboxylic acid groups (broad SMARTS) is 1. The number of aromatic carboxylic acids is 1. The Morgan fingerprint density at radius 1 is 1.03 bits per heavy atom. The van der Waals surface area contributed by atoms with Crippen molar-refractivity contribution in [3.05, 3.63) is 89.5 Å². The highest BCUT2D eigenvalue weighted by molar-refractivity contribution is 5.92. The first-order valence-corrected chi connectivity index (χ1v) is 10.6. The zero-order valence-electron chi connectivity index (χ0n) is 18.0. The van der Waals surface area contributed by atoms with Gasteiger partial charge in [-0.25, -0.2) is 9.18 Å². The first-order valence-electron chi connectivity index (χ1n) is 10.6. The lowest BCUT2D eigenvalue weighted by atomic mass is 9.99. The van der Waals surface area contributed by atoms with Crippen molar-refractivity contribution < 1.29 is 24.1 Å². The normalized spacial score (nSPS) is 12.8. The van der Waals surface area contributed by atoms with Crippen molar-refractivity contribution in [1.82, 2.24) is 5.32 Å². The van der Waals surface area contributed by atoms with Gasteiger partial charge in [0, 0.05) is 12.6 Å². The van der Waals surface area contributed by atoms with E-state index in [0.29, 0.717) is 6.54 Å². The summed E-state index contributed by atoms with van der Waals surface area (Å²) in [7, 11) is 0. The van der Waals surface area contributed by atoms with Crippen LogP contribution in [0.3, 0.4) is 0 Å². The summed E-state index contributed by atoms with van der Waals surface area (Å²) in [5.74, 6) is -0.953. The van der Waals surface area contributed by atoms with Crippen LogP contribution in [-0.4, -0.2) is 42.1 Å². The first-order chi connectivity index (χ1) is 15.5. The van der Waals surface area contributed by atoms with Gasteiger partial charge in [0.2, 0.25) is 0 Å². The predicted molar refractivity (Wildman–Crippen MR) is 123 cm³/mol. The zero-order valence-corrected chi connectivity index (χ0v) is 18.0. The Kier molecular flexibility index (Phi) is 8.36. The molecule has 0 unspecified atom stereocenters. The van der Waals surface area contributed by atoms with Crippen molar-refractivity contribution in [2.24, 2.45) is 0 Å². The molecule has 0 spiro atoms. The summed E-state index contributed by atoms with van der Waals surface area (Å²) >= 11 is 0. The SMILES string of the molecule is C[C@H](Cc1ccc(-c2ccc(C(=O)O)c(OCCF)c2)cc1)NC[C@H](O)c1ccccc1. The van der Waals surface area contributed by atoms with Gasteiger partial charge in [0.05, 0.1) is 6.10 Å². The van der Waals surface area contributed by atoms with Crippen LogP contribution in [0.15, 0.2) is 72.8 Å². The largest absolute Gasteiger partial charge is 0.490 e. The molecule has 0 fully saturated rings. The van der Waals surface area contributed by atoms with Crippen molar-refractivity contribution >= 4 is 5.97 Å². The molecular formula is C26H28FNO4. The second-order valence-electron chi connectivity index (χ2n) is 7.69. The van der Waals surface area contributed by atoms with Crippen molar-refractivity contribution in [2.75, 3.05) is 19.8 Å². The Bertz CT molecular complexity index is 1010. The molecule has 32 heavy (non-hydrogen) atoms. The van der Waals surface area contributed by atoms with Crippen LogP contribution in [0.4, 0.5) is 4.39 Å². The zero-order chi connectivity index (χ0) is 22.9. The summed E-state index contributed by atoms with van der Waals surface area (Å²) in [5, 5.41) is 23.0. The van der Waals surface area contributed by atoms with Gasteiger partial charge in [-0.3, -0.25) is 0 Å². The molecular weight excluding hydrogens is 409 g/mol. The highest BCUT2D eigenvalue weighted by Crippen LogP contribution is 2.28. The van der Waals surface area contributed by atoms with E-state index in [-0.39, 0.29) is 24.0 Å². The molecule has 0 saturated heterocycles. The van der Waals surface area contributed by atoms with Gasteiger partial charge in [0.1, 0.15) is 24.6 Å². The molecule has 3 N–H and O–H groups in total. The Morgan fingerprint density at radius 2 is 1.72 bits per heavy atom. The third-order valence-corrected chi connectivity index (χ3v) is 5.22. The number of alkyl halides is 1. The Balaban J connectivity index is 1.61.